The van der Waals surface area contributed by atoms with Crippen molar-refractivity contribution in [1.29, 1.82) is 0 Å². The van der Waals surface area contributed by atoms with Crippen molar-refractivity contribution in [2.24, 2.45) is 11.1 Å². The summed E-state index contributed by atoms with van der Waals surface area (Å²) >= 11 is 0. The molecule has 0 saturated carbocycles. The Bertz CT molecular complexity index is 433. The third-order valence-electron chi connectivity index (χ3n) is 5.84. The lowest BCUT2D eigenvalue weighted by atomic mass is 9.82. The monoisotopic (exact) mass is 288 g/mol. The first-order valence-corrected chi connectivity index (χ1v) is 8.63. The summed E-state index contributed by atoms with van der Waals surface area (Å²) in [6.07, 6.45) is 4.98. The number of nitrogens with zero attached hydrogens (tertiary/aromatic N) is 1. The van der Waals surface area contributed by atoms with Crippen LogP contribution in [0.15, 0.2) is 24.3 Å². The van der Waals surface area contributed by atoms with Crippen LogP contribution in [0, 0.1) is 5.41 Å². The minimum Gasteiger partial charge on any atom is -0.323 e. The van der Waals surface area contributed by atoms with Crippen molar-refractivity contribution in [2.75, 3.05) is 13.1 Å². The summed E-state index contributed by atoms with van der Waals surface area (Å²) in [7, 11) is 0. The lowest BCUT2D eigenvalue weighted by Gasteiger charge is -2.32. The largest absolute Gasteiger partial charge is 0.323 e. The summed E-state index contributed by atoms with van der Waals surface area (Å²) in [4.78, 5) is 2.60. The first kappa shape index (κ1) is 16.5. The molecule has 1 fully saturated rings. The van der Waals surface area contributed by atoms with Crippen LogP contribution >= 0.6 is 0 Å². The van der Waals surface area contributed by atoms with Gasteiger partial charge in [-0.3, -0.25) is 4.90 Å². The smallest absolute Gasteiger partial charge is 0.0450 e. The van der Waals surface area contributed by atoms with E-state index in [1.54, 1.807) is 0 Å². The van der Waals surface area contributed by atoms with Gasteiger partial charge in [0, 0.05) is 18.6 Å². The van der Waals surface area contributed by atoms with Crippen molar-refractivity contribution in [1.82, 2.24) is 4.90 Å². The minimum absolute atomic E-state index is 0.111. The molecule has 1 aliphatic heterocycles. The maximum absolute atomic E-state index is 6.54. The van der Waals surface area contributed by atoms with E-state index < -0.39 is 0 Å². The molecule has 118 valence electrons. The molecule has 0 aliphatic carbocycles. The van der Waals surface area contributed by atoms with Crippen LogP contribution in [0.3, 0.4) is 0 Å². The topological polar surface area (TPSA) is 29.3 Å². The van der Waals surface area contributed by atoms with Crippen LogP contribution in [0.4, 0.5) is 0 Å². The molecule has 0 amide bonds. The van der Waals surface area contributed by atoms with E-state index in [1.165, 1.54) is 43.5 Å². The molecule has 1 aliphatic rings. The molecule has 21 heavy (non-hydrogen) atoms. The van der Waals surface area contributed by atoms with Gasteiger partial charge in [0.25, 0.3) is 0 Å². The highest BCUT2D eigenvalue weighted by Crippen LogP contribution is 2.39. The molecule has 2 nitrogen and oxygen atoms in total. The zero-order valence-electron chi connectivity index (χ0n) is 14.2. The summed E-state index contributed by atoms with van der Waals surface area (Å²) in [5, 5.41) is 0. The predicted octanol–water partition coefficient (Wildman–Crippen LogP) is 4.15. The summed E-state index contributed by atoms with van der Waals surface area (Å²) in [6.45, 7) is 11.6. The first-order chi connectivity index (χ1) is 10.0. The molecule has 0 bridgehead atoms. The molecular weight excluding hydrogens is 256 g/mol. The maximum atomic E-state index is 6.54. The van der Waals surface area contributed by atoms with Crippen molar-refractivity contribution in [3.05, 3.63) is 35.4 Å². The van der Waals surface area contributed by atoms with Gasteiger partial charge in [-0.15, -0.1) is 0 Å². The van der Waals surface area contributed by atoms with Crippen LogP contribution in [0.25, 0.3) is 0 Å². The van der Waals surface area contributed by atoms with Crippen molar-refractivity contribution in [3.8, 4) is 0 Å². The van der Waals surface area contributed by atoms with Gasteiger partial charge in [0.15, 0.2) is 0 Å². The lowest BCUT2D eigenvalue weighted by Crippen LogP contribution is -2.40. The van der Waals surface area contributed by atoms with E-state index in [9.17, 15) is 0 Å². The molecule has 0 aromatic heterocycles. The Kier molecular flexibility index (Phi) is 5.45. The molecule has 2 N–H and O–H groups in total. The molecule has 2 atom stereocenters. The van der Waals surface area contributed by atoms with Gasteiger partial charge in [0.1, 0.15) is 0 Å². The Morgan fingerprint density at radius 1 is 1.14 bits per heavy atom. The van der Waals surface area contributed by atoms with Crippen LogP contribution < -0.4 is 5.73 Å². The standard InChI is InChI=1S/C19H32N2/c1-5-16-8-10-17(11-9-16)18(20)15(4)21-13-12-19(6-2,7-3)14-21/h8-11,15,18H,5-7,12-14,20H2,1-4H3. The van der Waals surface area contributed by atoms with E-state index in [0.717, 1.165) is 6.42 Å². The van der Waals surface area contributed by atoms with E-state index in [2.05, 4.69) is 56.9 Å². The number of rotatable bonds is 6. The molecule has 2 heteroatoms. The third-order valence-corrected chi connectivity index (χ3v) is 5.84. The summed E-state index contributed by atoms with van der Waals surface area (Å²) in [6, 6.07) is 9.38. The van der Waals surface area contributed by atoms with E-state index in [-0.39, 0.29) is 6.04 Å². The number of hydrogen-bond acceptors (Lipinski definition) is 2. The summed E-state index contributed by atoms with van der Waals surface area (Å²) in [5.74, 6) is 0. The minimum atomic E-state index is 0.111. The van der Waals surface area contributed by atoms with Crippen molar-refractivity contribution in [3.63, 3.8) is 0 Å². The Morgan fingerprint density at radius 3 is 2.24 bits per heavy atom. The van der Waals surface area contributed by atoms with Crippen LogP contribution in [0.5, 0.6) is 0 Å². The number of nitrogens with two attached hydrogens (primary N) is 1. The number of aryl methyl sites for hydroxylation is 1. The second-order valence-corrected chi connectivity index (χ2v) is 6.79. The SMILES string of the molecule is CCc1ccc(C(N)C(C)N2CCC(CC)(CC)C2)cc1. The molecule has 1 saturated heterocycles. The highest BCUT2D eigenvalue weighted by molar-refractivity contribution is 5.25. The lowest BCUT2D eigenvalue weighted by molar-refractivity contribution is 0.184. The Hall–Kier alpha value is -0.860. The molecule has 1 aromatic rings. The fourth-order valence-electron chi connectivity index (χ4n) is 3.63. The maximum Gasteiger partial charge on any atom is 0.0450 e. The van der Waals surface area contributed by atoms with E-state index >= 15 is 0 Å². The van der Waals surface area contributed by atoms with Crippen LogP contribution in [-0.2, 0) is 6.42 Å². The summed E-state index contributed by atoms with van der Waals surface area (Å²) < 4.78 is 0. The van der Waals surface area contributed by atoms with Crippen molar-refractivity contribution in [2.45, 2.75) is 65.5 Å². The zero-order chi connectivity index (χ0) is 15.5. The van der Waals surface area contributed by atoms with Crippen molar-refractivity contribution < 1.29 is 0 Å². The van der Waals surface area contributed by atoms with Crippen LogP contribution in [-0.4, -0.2) is 24.0 Å². The highest BCUT2D eigenvalue weighted by atomic mass is 15.2. The molecule has 1 aromatic carbocycles. The van der Waals surface area contributed by atoms with E-state index in [4.69, 9.17) is 5.73 Å². The van der Waals surface area contributed by atoms with Gasteiger partial charge in [0.2, 0.25) is 0 Å². The number of benzene rings is 1. The zero-order valence-corrected chi connectivity index (χ0v) is 14.2. The highest BCUT2D eigenvalue weighted by Gasteiger charge is 2.37. The second kappa shape index (κ2) is 6.93. The Morgan fingerprint density at radius 2 is 1.76 bits per heavy atom. The van der Waals surface area contributed by atoms with Crippen LogP contribution in [0.1, 0.15) is 64.1 Å². The molecule has 1 heterocycles. The quantitative estimate of drug-likeness (QED) is 0.852. The van der Waals surface area contributed by atoms with Crippen LogP contribution in [0.2, 0.25) is 0 Å². The number of likely N-dealkylation sites (tertiary alicyclic amines) is 1. The molecule has 2 unspecified atom stereocenters. The second-order valence-electron chi connectivity index (χ2n) is 6.79. The molecule has 0 radical (unpaired) electrons. The van der Waals surface area contributed by atoms with E-state index in [1.807, 2.05) is 0 Å². The van der Waals surface area contributed by atoms with Gasteiger partial charge in [-0.25, -0.2) is 0 Å². The average Bonchev–Trinajstić information content (AvgIpc) is 2.98. The van der Waals surface area contributed by atoms with Gasteiger partial charge in [-0.2, -0.15) is 0 Å². The van der Waals surface area contributed by atoms with Gasteiger partial charge >= 0.3 is 0 Å². The van der Waals surface area contributed by atoms with Gasteiger partial charge < -0.3 is 5.73 Å². The normalized spacial score (nSPS) is 21.4. The Balaban J connectivity index is 2.04. The number of hydrogen-bond donors (Lipinski definition) is 1. The molecule has 2 rings (SSSR count). The van der Waals surface area contributed by atoms with Gasteiger partial charge in [0.05, 0.1) is 0 Å². The fraction of sp³-hybridized carbons (Fsp3) is 0.684. The molecule has 0 spiro atoms. The van der Waals surface area contributed by atoms with Gasteiger partial charge in [-0.1, -0.05) is 45.0 Å². The molecular formula is C19H32N2. The first-order valence-electron chi connectivity index (χ1n) is 8.63. The predicted molar refractivity (Wildman–Crippen MR) is 91.4 cm³/mol. The van der Waals surface area contributed by atoms with E-state index in [0.29, 0.717) is 11.5 Å². The summed E-state index contributed by atoms with van der Waals surface area (Å²) in [5.41, 5.74) is 9.72. The third kappa shape index (κ3) is 3.49. The van der Waals surface area contributed by atoms with Crippen molar-refractivity contribution >= 4 is 0 Å². The average molecular weight is 288 g/mol. The fourth-order valence-corrected chi connectivity index (χ4v) is 3.63. The Labute approximate surface area is 130 Å². The van der Waals surface area contributed by atoms with Gasteiger partial charge in [-0.05, 0) is 55.7 Å².